The molecule has 0 heterocycles. The molecule has 4 unspecified atom stereocenters. The standard InChI is InChI=1S/C23H28O/c24-23-20-11-16-5-1-2-6-17(16)12-21(23)14-19-10-4-8-15-7-3-9-18(13-20)22(15)19/h1-2,5-6,15,18,20-21H,3-4,7-14H2. The van der Waals surface area contributed by atoms with Crippen molar-refractivity contribution in [3.8, 4) is 0 Å². The predicted octanol–water partition coefficient (Wildman–Crippen LogP) is 5.28. The maximum atomic E-state index is 13.3. The third-order valence-corrected chi connectivity index (χ3v) is 7.34. The summed E-state index contributed by atoms with van der Waals surface area (Å²) >= 11 is 0. The van der Waals surface area contributed by atoms with Gasteiger partial charge >= 0.3 is 0 Å². The number of rotatable bonds is 0. The van der Waals surface area contributed by atoms with Gasteiger partial charge in [-0.1, -0.05) is 41.8 Å². The van der Waals surface area contributed by atoms with Crippen molar-refractivity contribution >= 4 is 5.78 Å². The Bertz CT molecular complexity index is 698. The zero-order chi connectivity index (χ0) is 16.1. The molecule has 0 aliphatic heterocycles. The fourth-order valence-electron chi connectivity index (χ4n) is 6.34. The number of hydrogen-bond acceptors (Lipinski definition) is 1. The van der Waals surface area contributed by atoms with Gasteiger partial charge in [-0.3, -0.25) is 4.79 Å². The number of allylic oxidation sites excluding steroid dienone is 2. The van der Waals surface area contributed by atoms with E-state index in [1.807, 2.05) is 5.57 Å². The molecule has 0 saturated heterocycles. The second-order valence-electron chi connectivity index (χ2n) is 8.69. The molecule has 4 aliphatic rings. The predicted molar refractivity (Wildman–Crippen MR) is 96.8 cm³/mol. The Morgan fingerprint density at radius 2 is 1.46 bits per heavy atom. The largest absolute Gasteiger partial charge is 0.299 e. The molecule has 0 amide bonds. The molecule has 1 aromatic carbocycles. The van der Waals surface area contributed by atoms with E-state index in [1.165, 1.54) is 49.7 Å². The number of fused-ring (bicyclic) bond motifs is 3. The number of benzene rings is 1. The van der Waals surface area contributed by atoms with E-state index in [-0.39, 0.29) is 11.8 Å². The number of Topliss-reactive ketones (excluding diaryl/α,β-unsaturated/α-hetero) is 1. The summed E-state index contributed by atoms with van der Waals surface area (Å²) in [4.78, 5) is 13.3. The van der Waals surface area contributed by atoms with Gasteiger partial charge in [0, 0.05) is 11.8 Å². The van der Waals surface area contributed by atoms with E-state index >= 15 is 0 Å². The molecule has 1 saturated carbocycles. The van der Waals surface area contributed by atoms with Gasteiger partial charge in [-0.15, -0.1) is 0 Å². The van der Waals surface area contributed by atoms with Crippen LogP contribution in [0.3, 0.4) is 0 Å². The van der Waals surface area contributed by atoms with Gasteiger partial charge in [-0.2, -0.15) is 0 Å². The summed E-state index contributed by atoms with van der Waals surface area (Å²) in [5, 5.41) is 0. The third kappa shape index (κ3) is 2.39. The Morgan fingerprint density at radius 1 is 0.750 bits per heavy atom. The molecule has 4 atom stereocenters. The van der Waals surface area contributed by atoms with Gasteiger partial charge in [0.05, 0.1) is 0 Å². The van der Waals surface area contributed by atoms with Crippen molar-refractivity contribution in [3.05, 3.63) is 46.5 Å². The average molecular weight is 320 g/mol. The molecule has 1 fully saturated rings. The van der Waals surface area contributed by atoms with E-state index in [1.54, 1.807) is 5.57 Å². The minimum atomic E-state index is 0.253. The highest BCUT2D eigenvalue weighted by Crippen LogP contribution is 2.49. The van der Waals surface area contributed by atoms with Gasteiger partial charge < -0.3 is 0 Å². The number of hydrogen-bond donors (Lipinski definition) is 0. The Morgan fingerprint density at radius 3 is 2.29 bits per heavy atom. The molecule has 1 nitrogen and oxygen atoms in total. The molecule has 2 bridgehead atoms. The summed E-state index contributed by atoms with van der Waals surface area (Å²) in [5.41, 5.74) is 6.46. The van der Waals surface area contributed by atoms with Crippen molar-refractivity contribution in [1.29, 1.82) is 0 Å². The normalized spacial score (nSPS) is 35.4. The van der Waals surface area contributed by atoms with E-state index < -0.39 is 0 Å². The summed E-state index contributed by atoms with van der Waals surface area (Å²) in [6, 6.07) is 8.84. The molecule has 5 rings (SSSR count). The number of carbonyl (C=O) groups excluding carboxylic acids is 1. The van der Waals surface area contributed by atoms with Crippen molar-refractivity contribution in [3.63, 3.8) is 0 Å². The van der Waals surface area contributed by atoms with Crippen molar-refractivity contribution < 1.29 is 4.79 Å². The maximum absolute atomic E-state index is 13.3. The van der Waals surface area contributed by atoms with E-state index in [9.17, 15) is 4.79 Å². The van der Waals surface area contributed by atoms with Crippen LogP contribution in [-0.2, 0) is 17.6 Å². The summed E-state index contributed by atoms with van der Waals surface area (Å²) in [6.45, 7) is 0. The molecule has 126 valence electrons. The Balaban J connectivity index is 1.58. The molecule has 24 heavy (non-hydrogen) atoms. The second-order valence-corrected chi connectivity index (χ2v) is 8.69. The highest BCUT2D eigenvalue weighted by atomic mass is 16.1. The molecule has 4 aliphatic carbocycles. The van der Waals surface area contributed by atoms with Crippen molar-refractivity contribution in [2.75, 3.05) is 0 Å². The van der Waals surface area contributed by atoms with Crippen LogP contribution in [0.4, 0.5) is 0 Å². The lowest BCUT2D eigenvalue weighted by Crippen LogP contribution is -2.34. The summed E-state index contributed by atoms with van der Waals surface area (Å²) in [6.07, 6.45) is 12.4. The van der Waals surface area contributed by atoms with Crippen LogP contribution >= 0.6 is 0 Å². The topological polar surface area (TPSA) is 17.1 Å². The van der Waals surface area contributed by atoms with E-state index in [4.69, 9.17) is 0 Å². The van der Waals surface area contributed by atoms with Gasteiger partial charge in [0.2, 0.25) is 0 Å². The smallest absolute Gasteiger partial charge is 0.140 e. The highest BCUT2D eigenvalue weighted by molar-refractivity contribution is 5.85. The molecule has 0 aromatic heterocycles. The molecule has 1 heteroatoms. The quantitative estimate of drug-likeness (QED) is 0.595. The first-order valence-corrected chi connectivity index (χ1v) is 10.1. The number of ketones is 1. The van der Waals surface area contributed by atoms with Gasteiger partial charge in [-0.05, 0) is 80.8 Å². The fourth-order valence-corrected chi connectivity index (χ4v) is 6.34. The first-order valence-electron chi connectivity index (χ1n) is 10.1. The summed E-state index contributed by atoms with van der Waals surface area (Å²) < 4.78 is 0. The molecule has 0 N–H and O–H groups in total. The Labute approximate surface area is 145 Å². The molecule has 0 spiro atoms. The fraction of sp³-hybridized carbons (Fsp3) is 0.609. The monoisotopic (exact) mass is 320 g/mol. The van der Waals surface area contributed by atoms with Crippen LogP contribution in [-0.4, -0.2) is 5.78 Å². The summed E-state index contributed by atoms with van der Waals surface area (Å²) in [7, 11) is 0. The highest BCUT2D eigenvalue weighted by Gasteiger charge is 2.40. The second kappa shape index (κ2) is 5.86. The minimum absolute atomic E-state index is 0.253. The Kier molecular flexibility index (Phi) is 3.65. The van der Waals surface area contributed by atoms with Gasteiger partial charge in [0.15, 0.2) is 0 Å². The lowest BCUT2D eigenvalue weighted by molar-refractivity contribution is -0.127. The molecule has 0 radical (unpaired) electrons. The van der Waals surface area contributed by atoms with Crippen LogP contribution in [0.1, 0.15) is 62.5 Å². The lowest BCUT2D eigenvalue weighted by atomic mass is 9.63. The van der Waals surface area contributed by atoms with Crippen LogP contribution in [0.15, 0.2) is 35.4 Å². The first-order chi connectivity index (χ1) is 11.8. The van der Waals surface area contributed by atoms with Gasteiger partial charge in [-0.25, -0.2) is 0 Å². The van der Waals surface area contributed by atoms with Gasteiger partial charge in [0.1, 0.15) is 5.78 Å². The third-order valence-electron chi connectivity index (χ3n) is 7.34. The van der Waals surface area contributed by atoms with Gasteiger partial charge in [0.25, 0.3) is 0 Å². The lowest BCUT2D eigenvalue weighted by Gasteiger charge is -2.41. The summed E-state index contributed by atoms with van der Waals surface area (Å²) in [5.74, 6) is 2.70. The van der Waals surface area contributed by atoms with Crippen molar-refractivity contribution in [2.24, 2.45) is 23.7 Å². The molecular formula is C23H28O. The van der Waals surface area contributed by atoms with Crippen LogP contribution < -0.4 is 0 Å². The van der Waals surface area contributed by atoms with Crippen LogP contribution in [0, 0.1) is 23.7 Å². The van der Waals surface area contributed by atoms with E-state index in [0.717, 1.165) is 37.5 Å². The zero-order valence-electron chi connectivity index (χ0n) is 14.6. The van der Waals surface area contributed by atoms with Crippen molar-refractivity contribution in [1.82, 2.24) is 0 Å². The average Bonchev–Trinajstić information content (AvgIpc) is 2.74. The first kappa shape index (κ1) is 14.9. The SMILES string of the molecule is O=C1C2CC3=C4C(CCC3)CCCC4CC1Cc1ccccc1C2. The van der Waals surface area contributed by atoms with Crippen molar-refractivity contribution in [2.45, 2.75) is 64.2 Å². The maximum Gasteiger partial charge on any atom is 0.140 e. The number of carbonyl (C=O) groups is 1. The van der Waals surface area contributed by atoms with E-state index in [2.05, 4.69) is 24.3 Å². The Hall–Kier alpha value is -1.37. The molecular weight excluding hydrogens is 292 g/mol. The van der Waals surface area contributed by atoms with E-state index in [0.29, 0.717) is 5.78 Å². The van der Waals surface area contributed by atoms with Crippen LogP contribution in [0.5, 0.6) is 0 Å². The molecule has 1 aromatic rings. The minimum Gasteiger partial charge on any atom is -0.299 e. The van der Waals surface area contributed by atoms with Crippen LogP contribution in [0.25, 0.3) is 0 Å². The van der Waals surface area contributed by atoms with Crippen LogP contribution in [0.2, 0.25) is 0 Å². The zero-order valence-corrected chi connectivity index (χ0v) is 14.6.